The molecule has 0 aliphatic heterocycles. The quantitative estimate of drug-likeness (QED) is 0.537. The third-order valence-electron chi connectivity index (χ3n) is 2.27. The number of halogens is 2. The van der Waals surface area contributed by atoms with Crippen molar-refractivity contribution in [1.29, 1.82) is 0 Å². The van der Waals surface area contributed by atoms with Crippen molar-refractivity contribution in [2.24, 2.45) is 0 Å². The van der Waals surface area contributed by atoms with Gasteiger partial charge in [-0.3, -0.25) is 0 Å². The molecule has 0 aliphatic rings. The van der Waals surface area contributed by atoms with Crippen LogP contribution in [0.25, 0.3) is 0 Å². The molecule has 0 bridgehead atoms. The fourth-order valence-electron chi connectivity index (χ4n) is 1.40. The Bertz CT molecular complexity index is 453. The number of hydrogen-bond acceptors (Lipinski definition) is 0. The van der Waals surface area contributed by atoms with Crippen LogP contribution in [0.1, 0.15) is 11.1 Å². The van der Waals surface area contributed by atoms with Crippen LogP contribution in [-0.4, -0.2) is 3.26 Å². The zero-order chi connectivity index (χ0) is 11.5. The van der Waals surface area contributed by atoms with E-state index in [2.05, 4.69) is 80.4 Å². The maximum absolute atomic E-state index is 3.46. The summed E-state index contributed by atoms with van der Waals surface area (Å²) < 4.78 is 3.68. The molecule has 0 radical (unpaired) electrons. The molecule has 2 rings (SSSR count). The van der Waals surface area contributed by atoms with Gasteiger partial charge in [-0.2, -0.15) is 0 Å². The Morgan fingerprint density at radius 1 is 0.688 bits per heavy atom. The van der Waals surface area contributed by atoms with Gasteiger partial charge in [0, 0.05) is 0 Å². The van der Waals surface area contributed by atoms with E-state index < -0.39 is 0 Å². The normalized spacial score (nSPS) is 10.2. The Morgan fingerprint density at radius 2 is 1.00 bits per heavy atom. The zero-order valence-electron chi connectivity index (χ0n) is 8.37. The third-order valence-corrected chi connectivity index (χ3v) is 5.40. The molecule has 0 saturated heterocycles. The van der Waals surface area contributed by atoms with Crippen molar-refractivity contribution in [2.45, 2.75) is 0 Å². The minimum absolute atomic E-state index is 1.05. The Kier molecular flexibility index (Phi) is 4.45. The second-order valence-electron chi connectivity index (χ2n) is 3.39. The van der Waals surface area contributed by atoms with Crippen LogP contribution in [0.15, 0.2) is 57.5 Å². The molecule has 3 heteroatoms. The fraction of sp³-hybridized carbons (Fsp3) is 0. The van der Waals surface area contributed by atoms with Crippen molar-refractivity contribution in [1.82, 2.24) is 0 Å². The predicted molar refractivity (Wildman–Crippen MR) is 71.5 cm³/mol. The minimum atomic E-state index is 1.05. The Labute approximate surface area is 126 Å². The molecule has 2 aromatic carbocycles. The first kappa shape index (κ1) is 12.6. The van der Waals surface area contributed by atoms with Crippen LogP contribution in [0.5, 0.6) is 0 Å². The summed E-state index contributed by atoms with van der Waals surface area (Å²) in [7, 11) is 0. The van der Waals surface area contributed by atoms with Crippen LogP contribution in [0.3, 0.4) is 0 Å². The van der Waals surface area contributed by atoms with Gasteiger partial charge >= 0.3 is 128 Å². The summed E-state index contributed by atoms with van der Waals surface area (Å²) in [5.41, 5.74) is 2.63. The maximum atomic E-state index is 3.46. The zero-order valence-corrected chi connectivity index (χ0v) is 15.1. The molecule has 76 valence electrons. The Morgan fingerprint density at radius 3 is 1.31 bits per heavy atom. The summed E-state index contributed by atoms with van der Waals surface area (Å²) in [6, 6.07) is 17.0. The molecular formula is C13H8Br2Hf+2. The first-order valence-electron chi connectivity index (χ1n) is 4.77. The second-order valence-corrected chi connectivity index (χ2v) is 7.02. The summed E-state index contributed by atoms with van der Waals surface area (Å²) in [5.74, 6) is 0. The van der Waals surface area contributed by atoms with Gasteiger partial charge in [0.15, 0.2) is 0 Å². The van der Waals surface area contributed by atoms with E-state index in [4.69, 9.17) is 0 Å². The van der Waals surface area contributed by atoms with E-state index >= 15 is 0 Å². The topological polar surface area (TPSA) is 0 Å². The van der Waals surface area contributed by atoms with Crippen LogP contribution >= 0.6 is 31.9 Å². The van der Waals surface area contributed by atoms with Gasteiger partial charge in [-0.25, -0.2) is 0 Å². The van der Waals surface area contributed by atoms with E-state index in [-0.39, 0.29) is 0 Å². The van der Waals surface area contributed by atoms with E-state index in [0.29, 0.717) is 0 Å². The molecule has 0 amide bonds. The van der Waals surface area contributed by atoms with Gasteiger partial charge in [-0.15, -0.1) is 0 Å². The molecule has 0 N–H and O–H groups in total. The van der Waals surface area contributed by atoms with Gasteiger partial charge in [0.2, 0.25) is 0 Å². The second kappa shape index (κ2) is 5.65. The molecule has 0 aliphatic carbocycles. The van der Waals surface area contributed by atoms with Gasteiger partial charge in [-0.05, 0) is 0 Å². The average Bonchev–Trinajstić information content (AvgIpc) is 2.30. The van der Waals surface area contributed by atoms with Gasteiger partial charge in [0.05, 0.1) is 0 Å². The monoisotopic (exact) mass is 502 g/mol. The number of hydrogen-bond donors (Lipinski definition) is 0. The molecule has 0 nitrogen and oxygen atoms in total. The van der Waals surface area contributed by atoms with Crippen LogP contribution in [0.2, 0.25) is 0 Å². The van der Waals surface area contributed by atoms with Gasteiger partial charge < -0.3 is 0 Å². The fourth-order valence-corrected chi connectivity index (χ4v) is 3.13. The molecule has 16 heavy (non-hydrogen) atoms. The molecule has 0 spiro atoms. The summed E-state index contributed by atoms with van der Waals surface area (Å²) in [4.78, 5) is 0. The van der Waals surface area contributed by atoms with Gasteiger partial charge in [-0.1, -0.05) is 0 Å². The van der Waals surface area contributed by atoms with Crippen molar-refractivity contribution in [2.75, 3.05) is 0 Å². The van der Waals surface area contributed by atoms with Crippen LogP contribution in [0.4, 0.5) is 0 Å². The van der Waals surface area contributed by atoms with E-state index in [1.807, 2.05) is 0 Å². The molecule has 0 aromatic heterocycles. The Balaban J connectivity index is 2.32. The summed E-state index contributed by atoms with van der Waals surface area (Å²) in [5, 5.41) is 0. The van der Waals surface area contributed by atoms with Crippen LogP contribution in [0, 0.1) is 0 Å². The first-order chi connectivity index (χ1) is 7.66. The Hall–Kier alpha value is 0.140. The van der Waals surface area contributed by atoms with Crippen molar-refractivity contribution in [3.63, 3.8) is 0 Å². The summed E-state index contributed by atoms with van der Waals surface area (Å²) in [6.07, 6.45) is 0. The van der Waals surface area contributed by atoms with Crippen molar-refractivity contribution < 1.29 is 23.9 Å². The standard InChI is InChI=1S/C13H8Br2.Hf/c14-12-5-1-10(2-6-12)9-11-3-7-13(15)8-4-11;/h1-8H;/q;+2. The number of rotatable bonds is 2. The SMILES string of the molecule is Brc1ccc([C](=[Hf+2])c2ccc(Br)cc2)cc1. The van der Waals surface area contributed by atoms with Crippen molar-refractivity contribution in [3.05, 3.63) is 68.6 Å². The molecule has 0 unspecified atom stereocenters. The molecule has 0 atom stereocenters. The van der Waals surface area contributed by atoms with E-state index in [1.54, 1.807) is 0 Å². The molecule has 2 aromatic rings. The van der Waals surface area contributed by atoms with E-state index in [1.165, 1.54) is 14.4 Å². The molecule has 0 saturated carbocycles. The number of benzene rings is 2. The third kappa shape index (κ3) is 3.08. The van der Waals surface area contributed by atoms with E-state index in [9.17, 15) is 0 Å². The molecular weight excluding hydrogens is 494 g/mol. The van der Waals surface area contributed by atoms with Crippen LogP contribution < -0.4 is 0 Å². The van der Waals surface area contributed by atoms with Crippen LogP contribution in [-0.2, 0) is 23.9 Å². The predicted octanol–water partition coefficient (Wildman–Crippen LogP) is 4.33. The molecule has 0 fully saturated rings. The first-order valence-corrected chi connectivity index (χ1v) is 8.15. The van der Waals surface area contributed by atoms with Crippen molar-refractivity contribution in [3.8, 4) is 0 Å². The summed E-state index contributed by atoms with van der Waals surface area (Å²) in [6.45, 7) is 0. The van der Waals surface area contributed by atoms with E-state index in [0.717, 1.165) is 32.8 Å². The summed E-state index contributed by atoms with van der Waals surface area (Å²) >= 11 is 7.96. The average molecular weight is 503 g/mol. The van der Waals surface area contributed by atoms with Gasteiger partial charge in [0.1, 0.15) is 0 Å². The van der Waals surface area contributed by atoms with Crippen molar-refractivity contribution >= 4 is 35.1 Å². The van der Waals surface area contributed by atoms with Gasteiger partial charge in [0.25, 0.3) is 0 Å². The molecule has 0 heterocycles.